The van der Waals surface area contributed by atoms with Crippen LogP contribution in [0.2, 0.25) is 0 Å². The van der Waals surface area contributed by atoms with Gasteiger partial charge in [0.15, 0.2) is 0 Å². The van der Waals surface area contributed by atoms with Gasteiger partial charge in [-0.15, -0.1) is 9.24 Å². The molecule has 0 amide bonds. The van der Waals surface area contributed by atoms with E-state index in [-0.39, 0.29) is 0 Å². The number of hydrogen-bond acceptors (Lipinski definition) is 2. The van der Waals surface area contributed by atoms with E-state index >= 15 is 0 Å². The van der Waals surface area contributed by atoms with Crippen LogP contribution in [0.25, 0.3) is 0 Å². The van der Waals surface area contributed by atoms with Gasteiger partial charge < -0.3 is 5.73 Å². The molecule has 2 N–H and O–H groups in total. The number of rotatable bonds is 2. The fourth-order valence-corrected chi connectivity index (χ4v) is 3.65. The van der Waals surface area contributed by atoms with Gasteiger partial charge in [0.05, 0.1) is 0 Å². The molecule has 92 valence electrons. The molecule has 3 heteroatoms. The largest absolute Gasteiger partial charge is 0.328 e. The topological polar surface area (TPSA) is 29.3 Å². The fraction of sp³-hybridized carbons (Fsp3) is 0.571. The molecular formula is C14H21N2P. The third-order valence-electron chi connectivity index (χ3n) is 4.25. The van der Waals surface area contributed by atoms with E-state index in [0.717, 1.165) is 18.4 Å². The van der Waals surface area contributed by atoms with Gasteiger partial charge in [0.2, 0.25) is 0 Å². The Balaban J connectivity index is 1.60. The Morgan fingerprint density at radius 2 is 1.71 bits per heavy atom. The van der Waals surface area contributed by atoms with Crippen LogP contribution in [0.1, 0.15) is 18.4 Å². The lowest BCUT2D eigenvalue weighted by Gasteiger charge is -2.17. The van der Waals surface area contributed by atoms with Gasteiger partial charge in [-0.25, -0.2) is 0 Å². The van der Waals surface area contributed by atoms with Gasteiger partial charge in [-0.1, -0.05) is 24.3 Å². The molecule has 3 rings (SSSR count). The zero-order chi connectivity index (χ0) is 11.8. The van der Waals surface area contributed by atoms with Crippen molar-refractivity contribution >= 4 is 14.5 Å². The number of fused-ring (bicyclic) bond motifs is 1. The Morgan fingerprint density at radius 1 is 1.12 bits per heavy atom. The molecule has 1 aromatic rings. The maximum absolute atomic E-state index is 6.02. The first-order valence-corrected chi connectivity index (χ1v) is 7.11. The molecule has 17 heavy (non-hydrogen) atoms. The molecule has 1 saturated heterocycles. The summed E-state index contributed by atoms with van der Waals surface area (Å²) in [5, 5.41) is 1.26. The molecule has 2 fully saturated rings. The first-order valence-electron chi connectivity index (χ1n) is 6.53. The average molecular weight is 248 g/mol. The highest BCUT2D eigenvalue weighted by molar-refractivity contribution is 7.27. The Labute approximate surface area is 106 Å². The molecule has 1 heterocycles. The van der Waals surface area contributed by atoms with Crippen molar-refractivity contribution in [2.45, 2.75) is 25.4 Å². The predicted molar refractivity (Wildman–Crippen MR) is 75.3 cm³/mol. The van der Waals surface area contributed by atoms with Crippen molar-refractivity contribution in [3.05, 3.63) is 29.8 Å². The van der Waals surface area contributed by atoms with Gasteiger partial charge in [-0.2, -0.15) is 0 Å². The lowest BCUT2D eigenvalue weighted by molar-refractivity contribution is 0.299. The van der Waals surface area contributed by atoms with Crippen LogP contribution in [-0.4, -0.2) is 24.0 Å². The first-order chi connectivity index (χ1) is 8.20. The zero-order valence-electron chi connectivity index (χ0n) is 10.2. The summed E-state index contributed by atoms with van der Waals surface area (Å²) in [6, 6.07) is 9.30. The van der Waals surface area contributed by atoms with Gasteiger partial charge in [-0.3, -0.25) is 4.90 Å². The number of benzene rings is 1. The summed E-state index contributed by atoms with van der Waals surface area (Å²) in [5.74, 6) is 1.73. The summed E-state index contributed by atoms with van der Waals surface area (Å²) < 4.78 is 0. The normalized spacial score (nSPS) is 32.9. The smallest absolute Gasteiger partial charge is 0.0233 e. The molecule has 1 aliphatic heterocycles. The van der Waals surface area contributed by atoms with Gasteiger partial charge in [0.25, 0.3) is 0 Å². The van der Waals surface area contributed by atoms with Crippen molar-refractivity contribution in [1.82, 2.24) is 4.90 Å². The van der Waals surface area contributed by atoms with E-state index in [1.165, 1.54) is 36.8 Å². The summed E-state index contributed by atoms with van der Waals surface area (Å²) in [5.41, 5.74) is 7.45. The van der Waals surface area contributed by atoms with Gasteiger partial charge in [0, 0.05) is 25.7 Å². The SMILES string of the molecule is NC1C[C@@H]2CN(Cc3ccc(P)cc3)C[C@@H]2C1. The Kier molecular flexibility index (Phi) is 3.21. The van der Waals surface area contributed by atoms with Crippen LogP contribution in [0.5, 0.6) is 0 Å². The van der Waals surface area contributed by atoms with E-state index in [2.05, 4.69) is 38.4 Å². The third-order valence-corrected chi connectivity index (χ3v) is 4.63. The molecule has 2 unspecified atom stereocenters. The number of nitrogens with zero attached hydrogens (tertiary/aromatic N) is 1. The van der Waals surface area contributed by atoms with Crippen molar-refractivity contribution in [2.24, 2.45) is 17.6 Å². The first kappa shape index (κ1) is 11.6. The number of likely N-dealkylation sites (tertiary alicyclic amines) is 1. The molecule has 0 radical (unpaired) electrons. The monoisotopic (exact) mass is 248 g/mol. The average Bonchev–Trinajstić information content (AvgIpc) is 2.78. The Bertz CT molecular complexity index is 376. The van der Waals surface area contributed by atoms with Crippen molar-refractivity contribution in [3.8, 4) is 0 Å². The van der Waals surface area contributed by atoms with Crippen molar-refractivity contribution in [3.63, 3.8) is 0 Å². The minimum absolute atomic E-state index is 0.476. The minimum Gasteiger partial charge on any atom is -0.328 e. The lowest BCUT2D eigenvalue weighted by atomic mass is 10.0. The maximum Gasteiger partial charge on any atom is 0.0233 e. The predicted octanol–water partition coefficient (Wildman–Crippen LogP) is 1.36. The van der Waals surface area contributed by atoms with Crippen molar-refractivity contribution in [2.75, 3.05) is 13.1 Å². The van der Waals surface area contributed by atoms with E-state index in [9.17, 15) is 0 Å². The van der Waals surface area contributed by atoms with Crippen LogP contribution in [-0.2, 0) is 6.54 Å². The summed E-state index contributed by atoms with van der Waals surface area (Å²) in [4.78, 5) is 2.60. The van der Waals surface area contributed by atoms with E-state index in [1.54, 1.807) is 0 Å². The molecule has 0 bridgehead atoms. The second-order valence-electron chi connectivity index (χ2n) is 5.69. The van der Waals surface area contributed by atoms with Crippen molar-refractivity contribution < 1.29 is 0 Å². The minimum atomic E-state index is 0.476. The summed E-state index contributed by atoms with van der Waals surface area (Å²) in [6.45, 7) is 3.61. The van der Waals surface area contributed by atoms with Crippen molar-refractivity contribution in [1.29, 1.82) is 0 Å². The fourth-order valence-electron chi connectivity index (χ4n) is 3.45. The molecule has 0 aromatic heterocycles. The lowest BCUT2D eigenvalue weighted by Crippen LogP contribution is -2.25. The summed E-state index contributed by atoms with van der Waals surface area (Å²) in [6.07, 6.45) is 2.48. The highest BCUT2D eigenvalue weighted by atomic mass is 31.0. The molecule has 1 saturated carbocycles. The van der Waals surface area contributed by atoms with E-state index < -0.39 is 0 Å². The molecule has 4 atom stereocenters. The summed E-state index contributed by atoms with van der Waals surface area (Å²) in [7, 11) is 2.74. The molecule has 2 aliphatic rings. The Morgan fingerprint density at radius 3 is 2.29 bits per heavy atom. The number of nitrogens with two attached hydrogens (primary N) is 1. The standard InChI is InChI=1S/C14H21N2P/c15-13-5-11-8-16(9-12(11)6-13)7-10-1-3-14(17)4-2-10/h1-4,11-13H,5-9,15,17H2/t11-,12+,13?. The van der Waals surface area contributed by atoms with Crippen LogP contribution in [0, 0.1) is 11.8 Å². The van der Waals surface area contributed by atoms with Gasteiger partial charge in [-0.05, 0) is 35.5 Å². The highest BCUT2D eigenvalue weighted by Gasteiger charge is 2.39. The molecule has 1 aliphatic carbocycles. The van der Waals surface area contributed by atoms with Crippen LogP contribution in [0.4, 0.5) is 0 Å². The quantitative estimate of drug-likeness (QED) is 0.801. The van der Waals surface area contributed by atoms with E-state index in [0.29, 0.717) is 6.04 Å². The van der Waals surface area contributed by atoms with Crippen LogP contribution in [0.15, 0.2) is 24.3 Å². The van der Waals surface area contributed by atoms with Gasteiger partial charge in [0.1, 0.15) is 0 Å². The second kappa shape index (κ2) is 4.68. The molecular weight excluding hydrogens is 227 g/mol. The van der Waals surface area contributed by atoms with E-state index in [4.69, 9.17) is 5.73 Å². The zero-order valence-corrected chi connectivity index (χ0v) is 11.3. The highest BCUT2D eigenvalue weighted by Crippen LogP contribution is 2.37. The third kappa shape index (κ3) is 2.54. The molecule has 2 nitrogen and oxygen atoms in total. The van der Waals surface area contributed by atoms with Gasteiger partial charge >= 0.3 is 0 Å². The van der Waals surface area contributed by atoms with Crippen LogP contribution >= 0.6 is 9.24 Å². The number of hydrogen-bond donors (Lipinski definition) is 1. The summed E-state index contributed by atoms with van der Waals surface area (Å²) >= 11 is 0. The molecule has 1 aromatic carbocycles. The molecule has 0 spiro atoms. The maximum atomic E-state index is 6.02. The van der Waals surface area contributed by atoms with E-state index in [1.807, 2.05) is 0 Å². The van der Waals surface area contributed by atoms with Crippen LogP contribution < -0.4 is 11.0 Å². The Hall–Kier alpha value is -0.430. The van der Waals surface area contributed by atoms with Crippen LogP contribution in [0.3, 0.4) is 0 Å². The second-order valence-corrected chi connectivity index (χ2v) is 6.35.